The summed E-state index contributed by atoms with van der Waals surface area (Å²) in [5.74, 6) is 0. The van der Waals surface area contributed by atoms with Crippen molar-refractivity contribution in [2.45, 2.75) is 58.8 Å². The number of rotatable bonds is 1. The summed E-state index contributed by atoms with van der Waals surface area (Å²) in [6.07, 6.45) is 2.26. The Morgan fingerprint density at radius 2 is 1.42 bits per heavy atom. The van der Waals surface area contributed by atoms with Crippen LogP contribution in [0.1, 0.15) is 58.7 Å². The first kappa shape index (κ1) is 18.0. The molecule has 0 fully saturated rings. The molecule has 1 aliphatic rings. The standard InChI is InChI=1S/C19H25NO4/c1-18(2,3)23-16(21)20(17(22)24-19(4,5)6)15-12-11-13-9-7-8-10-14(13)15/h7-12,15H,1-6H3. The van der Waals surface area contributed by atoms with E-state index in [0.717, 1.165) is 16.0 Å². The number of nitrogens with zero attached hydrogens (tertiary/aromatic N) is 1. The van der Waals surface area contributed by atoms with Crippen molar-refractivity contribution in [2.75, 3.05) is 0 Å². The molecule has 0 saturated heterocycles. The molecule has 0 aliphatic heterocycles. The third-order valence-electron chi connectivity index (χ3n) is 3.23. The second-order valence-electron chi connectivity index (χ2n) is 7.76. The number of hydrogen-bond donors (Lipinski definition) is 0. The van der Waals surface area contributed by atoms with Crippen molar-refractivity contribution in [3.05, 3.63) is 41.5 Å². The summed E-state index contributed by atoms with van der Waals surface area (Å²) < 4.78 is 10.8. The molecular formula is C19H25NO4. The average molecular weight is 331 g/mol. The molecule has 2 amide bonds. The molecule has 1 unspecified atom stereocenters. The Morgan fingerprint density at radius 3 is 1.92 bits per heavy atom. The maximum absolute atomic E-state index is 12.7. The fourth-order valence-electron chi connectivity index (χ4n) is 2.38. The van der Waals surface area contributed by atoms with Crippen molar-refractivity contribution in [1.29, 1.82) is 0 Å². The quantitative estimate of drug-likeness (QED) is 0.732. The van der Waals surface area contributed by atoms with Gasteiger partial charge in [-0.05, 0) is 52.7 Å². The number of fused-ring (bicyclic) bond motifs is 1. The molecule has 1 aromatic carbocycles. The summed E-state index contributed by atoms with van der Waals surface area (Å²) in [5.41, 5.74) is 0.423. The zero-order valence-corrected chi connectivity index (χ0v) is 15.1. The maximum atomic E-state index is 12.7. The minimum absolute atomic E-state index is 0.536. The first-order chi connectivity index (χ1) is 11.0. The summed E-state index contributed by atoms with van der Waals surface area (Å²) in [4.78, 5) is 26.3. The molecular weight excluding hydrogens is 306 g/mol. The van der Waals surface area contributed by atoms with Gasteiger partial charge in [-0.25, -0.2) is 14.5 Å². The average Bonchev–Trinajstić information content (AvgIpc) is 2.79. The van der Waals surface area contributed by atoms with Crippen molar-refractivity contribution in [1.82, 2.24) is 4.90 Å². The van der Waals surface area contributed by atoms with Gasteiger partial charge in [-0.2, -0.15) is 0 Å². The lowest BCUT2D eigenvalue weighted by atomic mass is 10.1. The van der Waals surface area contributed by atoms with Crippen LogP contribution in [0.5, 0.6) is 0 Å². The first-order valence-electron chi connectivity index (χ1n) is 8.00. The number of hydrogen-bond acceptors (Lipinski definition) is 4. The second kappa shape index (κ2) is 6.30. The highest BCUT2D eigenvalue weighted by Crippen LogP contribution is 2.34. The van der Waals surface area contributed by atoms with E-state index in [9.17, 15) is 9.59 Å². The molecule has 2 rings (SSSR count). The van der Waals surface area contributed by atoms with E-state index in [1.165, 1.54) is 0 Å². The molecule has 0 heterocycles. The van der Waals surface area contributed by atoms with E-state index < -0.39 is 29.4 Å². The predicted molar refractivity (Wildman–Crippen MR) is 92.5 cm³/mol. The third kappa shape index (κ3) is 4.37. The lowest BCUT2D eigenvalue weighted by Crippen LogP contribution is -2.44. The number of carbonyl (C=O) groups is 2. The molecule has 0 N–H and O–H groups in total. The van der Waals surface area contributed by atoms with Crippen LogP contribution in [0.25, 0.3) is 6.08 Å². The molecule has 1 aliphatic carbocycles. The van der Waals surface area contributed by atoms with E-state index >= 15 is 0 Å². The molecule has 1 atom stereocenters. The highest BCUT2D eigenvalue weighted by molar-refractivity contribution is 5.90. The molecule has 24 heavy (non-hydrogen) atoms. The summed E-state index contributed by atoms with van der Waals surface area (Å²) in [6.45, 7) is 10.6. The number of carbonyl (C=O) groups excluding carboxylic acids is 2. The molecule has 0 bridgehead atoms. The SMILES string of the molecule is CC(C)(C)OC(=O)N(C(=O)OC(C)(C)C)C1C=Cc2ccccc21. The van der Waals surface area contributed by atoms with Gasteiger partial charge in [-0.3, -0.25) is 0 Å². The normalized spacial score (nSPS) is 16.5. The van der Waals surface area contributed by atoms with E-state index in [1.807, 2.05) is 30.3 Å². The van der Waals surface area contributed by atoms with Crippen LogP contribution >= 0.6 is 0 Å². The van der Waals surface area contributed by atoms with Crippen LogP contribution in [0.4, 0.5) is 9.59 Å². The Hall–Kier alpha value is -2.30. The monoisotopic (exact) mass is 331 g/mol. The lowest BCUT2D eigenvalue weighted by Gasteiger charge is -2.31. The minimum atomic E-state index is -0.719. The van der Waals surface area contributed by atoms with Crippen molar-refractivity contribution >= 4 is 18.3 Å². The molecule has 1 aromatic rings. The van der Waals surface area contributed by atoms with E-state index in [4.69, 9.17) is 9.47 Å². The Labute approximate surface area is 143 Å². The number of imide groups is 1. The zero-order chi connectivity index (χ0) is 18.1. The first-order valence-corrected chi connectivity index (χ1v) is 8.00. The van der Waals surface area contributed by atoms with Gasteiger partial charge in [0.25, 0.3) is 0 Å². The molecule has 130 valence electrons. The number of amides is 2. The van der Waals surface area contributed by atoms with Crippen LogP contribution in [0.2, 0.25) is 0 Å². The molecule has 0 spiro atoms. The fourth-order valence-corrected chi connectivity index (χ4v) is 2.38. The van der Waals surface area contributed by atoms with Gasteiger partial charge >= 0.3 is 12.2 Å². The van der Waals surface area contributed by atoms with Gasteiger partial charge < -0.3 is 9.47 Å². The van der Waals surface area contributed by atoms with Crippen LogP contribution in [0.15, 0.2) is 30.3 Å². The molecule has 0 radical (unpaired) electrons. The summed E-state index contributed by atoms with van der Waals surface area (Å²) in [7, 11) is 0. The van der Waals surface area contributed by atoms with E-state index in [0.29, 0.717) is 0 Å². The highest BCUT2D eigenvalue weighted by atomic mass is 16.6. The van der Waals surface area contributed by atoms with Crippen LogP contribution in [-0.2, 0) is 9.47 Å². The second-order valence-corrected chi connectivity index (χ2v) is 7.76. The molecule has 0 aromatic heterocycles. The third-order valence-corrected chi connectivity index (χ3v) is 3.23. The van der Waals surface area contributed by atoms with Gasteiger partial charge in [-0.15, -0.1) is 0 Å². The Morgan fingerprint density at radius 1 is 0.917 bits per heavy atom. The van der Waals surface area contributed by atoms with E-state index in [2.05, 4.69) is 0 Å². The van der Waals surface area contributed by atoms with Gasteiger partial charge in [0, 0.05) is 0 Å². The van der Waals surface area contributed by atoms with Crippen molar-refractivity contribution in [3.63, 3.8) is 0 Å². The van der Waals surface area contributed by atoms with Crippen LogP contribution in [0.3, 0.4) is 0 Å². The lowest BCUT2D eigenvalue weighted by molar-refractivity contribution is -0.00365. The number of ether oxygens (including phenoxy) is 2. The Bertz CT molecular complexity index is 637. The van der Waals surface area contributed by atoms with Crippen molar-refractivity contribution in [2.24, 2.45) is 0 Å². The van der Waals surface area contributed by atoms with E-state index in [-0.39, 0.29) is 0 Å². The van der Waals surface area contributed by atoms with Crippen molar-refractivity contribution in [3.8, 4) is 0 Å². The molecule has 0 saturated carbocycles. The molecule has 5 heteroatoms. The summed E-state index contributed by atoms with van der Waals surface area (Å²) >= 11 is 0. The largest absolute Gasteiger partial charge is 0.443 e. The minimum Gasteiger partial charge on any atom is -0.443 e. The number of benzene rings is 1. The van der Waals surface area contributed by atoms with Gasteiger partial charge in [0.2, 0.25) is 0 Å². The van der Waals surface area contributed by atoms with Crippen LogP contribution in [-0.4, -0.2) is 28.3 Å². The van der Waals surface area contributed by atoms with Gasteiger partial charge in [-0.1, -0.05) is 36.4 Å². The predicted octanol–water partition coefficient (Wildman–Crippen LogP) is 4.93. The topological polar surface area (TPSA) is 55.8 Å². The van der Waals surface area contributed by atoms with Gasteiger partial charge in [0.1, 0.15) is 11.2 Å². The van der Waals surface area contributed by atoms with Crippen LogP contribution in [0, 0.1) is 0 Å². The molecule has 5 nitrogen and oxygen atoms in total. The van der Waals surface area contributed by atoms with Crippen molar-refractivity contribution < 1.29 is 19.1 Å². The van der Waals surface area contributed by atoms with Crippen LogP contribution < -0.4 is 0 Å². The Kier molecular flexibility index (Phi) is 4.74. The van der Waals surface area contributed by atoms with E-state index in [1.54, 1.807) is 47.6 Å². The summed E-state index contributed by atoms with van der Waals surface area (Å²) in [6, 6.07) is 7.08. The maximum Gasteiger partial charge on any atom is 0.420 e. The van der Waals surface area contributed by atoms with Gasteiger partial charge in [0.05, 0.1) is 6.04 Å². The zero-order valence-electron chi connectivity index (χ0n) is 15.1. The summed E-state index contributed by atoms with van der Waals surface area (Å²) in [5, 5.41) is 0. The Balaban J connectivity index is 2.35. The fraction of sp³-hybridized carbons (Fsp3) is 0.474. The van der Waals surface area contributed by atoms with Gasteiger partial charge in [0.15, 0.2) is 0 Å². The highest BCUT2D eigenvalue weighted by Gasteiger charge is 2.38. The smallest absolute Gasteiger partial charge is 0.420 e.